The summed E-state index contributed by atoms with van der Waals surface area (Å²) in [6.07, 6.45) is 1.56. The van der Waals surface area contributed by atoms with Crippen LogP contribution in [0.4, 0.5) is 0 Å². The minimum Gasteiger partial charge on any atom is -0.497 e. The van der Waals surface area contributed by atoms with Gasteiger partial charge in [-0.05, 0) is 37.6 Å². The lowest BCUT2D eigenvalue weighted by molar-refractivity contribution is -0.257. The molecule has 0 bridgehead atoms. The zero-order chi connectivity index (χ0) is 14.4. The van der Waals surface area contributed by atoms with Crippen molar-refractivity contribution in [2.24, 2.45) is 0 Å². The van der Waals surface area contributed by atoms with Crippen molar-refractivity contribution in [3.05, 3.63) is 29.8 Å². The van der Waals surface area contributed by atoms with Gasteiger partial charge in [0.05, 0.1) is 20.3 Å². The number of carbonyl (C=O) groups excluding carboxylic acids is 1. The van der Waals surface area contributed by atoms with Crippen molar-refractivity contribution in [3.63, 3.8) is 0 Å². The van der Waals surface area contributed by atoms with Crippen LogP contribution in [0.15, 0.2) is 24.3 Å². The van der Waals surface area contributed by atoms with Gasteiger partial charge in [0.15, 0.2) is 5.79 Å². The highest BCUT2D eigenvalue weighted by molar-refractivity contribution is 5.94. The minimum absolute atomic E-state index is 0.105. The average Bonchev–Trinajstić information content (AvgIpc) is 2.48. The Morgan fingerprint density at radius 3 is 2.55 bits per heavy atom. The molecule has 1 aliphatic heterocycles. The Morgan fingerprint density at radius 2 is 1.95 bits per heavy atom. The average molecular weight is 279 g/mol. The quantitative estimate of drug-likeness (QED) is 0.895. The molecule has 0 unspecified atom stereocenters. The Balaban J connectivity index is 1.79. The van der Waals surface area contributed by atoms with Crippen molar-refractivity contribution in [3.8, 4) is 5.75 Å². The van der Waals surface area contributed by atoms with Gasteiger partial charge in [0.2, 0.25) is 0 Å². The SMILES string of the molecule is COc1ccc(C(=O)NCCC2(C)OCCCO2)cc1. The van der Waals surface area contributed by atoms with Gasteiger partial charge in [0, 0.05) is 18.5 Å². The largest absolute Gasteiger partial charge is 0.497 e. The Kier molecular flexibility index (Phi) is 4.98. The number of methoxy groups -OCH3 is 1. The number of carbonyl (C=O) groups is 1. The van der Waals surface area contributed by atoms with Crippen molar-refractivity contribution in [2.75, 3.05) is 26.9 Å². The molecular formula is C15H21NO4. The molecule has 0 spiro atoms. The summed E-state index contributed by atoms with van der Waals surface area (Å²) in [5, 5.41) is 2.87. The Morgan fingerprint density at radius 1 is 1.30 bits per heavy atom. The van der Waals surface area contributed by atoms with Gasteiger partial charge in [0.25, 0.3) is 5.91 Å². The first-order valence-corrected chi connectivity index (χ1v) is 6.83. The number of rotatable bonds is 5. The summed E-state index contributed by atoms with van der Waals surface area (Å²) in [5.74, 6) is 0.0518. The maximum Gasteiger partial charge on any atom is 0.251 e. The van der Waals surface area contributed by atoms with Crippen molar-refractivity contribution in [1.82, 2.24) is 5.32 Å². The van der Waals surface area contributed by atoms with Crippen LogP contribution in [-0.2, 0) is 9.47 Å². The standard InChI is InChI=1S/C15H21NO4/c1-15(19-10-3-11-20-15)8-9-16-14(17)12-4-6-13(18-2)7-5-12/h4-7H,3,8-11H2,1-2H3,(H,16,17). The summed E-state index contributed by atoms with van der Waals surface area (Å²) in [6, 6.07) is 7.01. The van der Waals surface area contributed by atoms with E-state index < -0.39 is 5.79 Å². The monoisotopic (exact) mass is 279 g/mol. The van der Waals surface area contributed by atoms with E-state index in [0.717, 1.165) is 12.2 Å². The number of hydrogen-bond donors (Lipinski definition) is 1. The molecule has 110 valence electrons. The van der Waals surface area contributed by atoms with E-state index >= 15 is 0 Å². The first-order valence-electron chi connectivity index (χ1n) is 6.83. The van der Waals surface area contributed by atoms with Gasteiger partial charge in [0.1, 0.15) is 5.75 Å². The molecule has 0 aliphatic carbocycles. The molecule has 0 aromatic heterocycles. The number of benzene rings is 1. The molecule has 1 heterocycles. The highest BCUT2D eigenvalue weighted by Crippen LogP contribution is 2.21. The lowest BCUT2D eigenvalue weighted by Crippen LogP contribution is -2.40. The van der Waals surface area contributed by atoms with E-state index in [1.165, 1.54) is 0 Å². The fourth-order valence-electron chi connectivity index (χ4n) is 2.07. The second-order valence-corrected chi connectivity index (χ2v) is 4.92. The van der Waals surface area contributed by atoms with Crippen LogP contribution in [0.5, 0.6) is 5.75 Å². The number of ether oxygens (including phenoxy) is 3. The minimum atomic E-state index is -0.578. The molecule has 5 heteroatoms. The topological polar surface area (TPSA) is 56.8 Å². The van der Waals surface area contributed by atoms with Crippen LogP contribution in [0, 0.1) is 0 Å². The van der Waals surface area contributed by atoms with Gasteiger partial charge in [-0.15, -0.1) is 0 Å². The van der Waals surface area contributed by atoms with Crippen molar-refractivity contribution in [2.45, 2.75) is 25.6 Å². The maximum atomic E-state index is 12.0. The second-order valence-electron chi connectivity index (χ2n) is 4.92. The molecule has 2 rings (SSSR count). The summed E-state index contributed by atoms with van der Waals surface area (Å²) in [6.45, 7) is 3.85. The van der Waals surface area contributed by atoms with Crippen LogP contribution in [0.2, 0.25) is 0 Å². The fraction of sp³-hybridized carbons (Fsp3) is 0.533. The Labute approximate surface area is 119 Å². The van der Waals surface area contributed by atoms with Crippen LogP contribution in [0.25, 0.3) is 0 Å². The van der Waals surface area contributed by atoms with Crippen molar-refractivity contribution < 1.29 is 19.0 Å². The maximum absolute atomic E-state index is 12.0. The number of hydrogen-bond acceptors (Lipinski definition) is 4. The molecule has 20 heavy (non-hydrogen) atoms. The van der Waals surface area contributed by atoms with Gasteiger partial charge in [-0.1, -0.05) is 0 Å². The second kappa shape index (κ2) is 6.72. The summed E-state index contributed by atoms with van der Waals surface area (Å²) in [7, 11) is 1.60. The van der Waals surface area contributed by atoms with Gasteiger partial charge in [-0.25, -0.2) is 0 Å². The Hall–Kier alpha value is -1.59. The Bertz CT molecular complexity index is 438. The van der Waals surface area contributed by atoms with Gasteiger partial charge in [-0.3, -0.25) is 4.79 Å². The van der Waals surface area contributed by atoms with E-state index in [1.807, 2.05) is 6.92 Å². The van der Waals surface area contributed by atoms with E-state index in [4.69, 9.17) is 14.2 Å². The summed E-state index contributed by atoms with van der Waals surface area (Å²) in [4.78, 5) is 12.0. The van der Waals surface area contributed by atoms with Crippen LogP contribution >= 0.6 is 0 Å². The van der Waals surface area contributed by atoms with Crippen molar-refractivity contribution >= 4 is 5.91 Å². The highest BCUT2D eigenvalue weighted by atomic mass is 16.7. The lowest BCUT2D eigenvalue weighted by Gasteiger charge is -2.33. The zero-order valence-electron chi connectivity index (χ0n) is 12.0. The van der Waals surface area contributed by atoms with Gasteiger partial charge < -0.3 is 19.5 Å². The van der Waals surface area contributed by atoms with Crippen LogP contribution in [-0.4, -0.2) is 38.6 Å². The molecule has 0 atom stereocenters. The molecule has 1 aromatic rings. The molecule has 1 amide bonds. The number of amides is 1. The highest BCUT2D eigenvalue weighted by Gasteiger charge is 2.28. The molecule has 0 radical (unpaired) electrons. The van der Waals surface area contributed by atoms with E-state index in [-0.39, 0.29) is 5.91 Å². The molecule has 1 aliphatic rings. The molecule has 5 nitrogen and oxygen atoms in total. The first kappa shape index (κ1) is 14.8. The molecule has 1 saturated heterocycles. The molecule has 1 fully saturated rings. The molecule has 0 saturated carbocycles. The fourth-order valence-corrected chi connectivity index (χ4v) is 2.07. The smallest absolute Gasteiger partial charge is 0.251 e. The van der Waals surface area contributed by atoms with Gasteiger partial charge >= 0.3 is 0 Å². The van der Waals surface area contributed by atoms with E-state index in [1.54, 1.807) is 31.4 Å². The molecule has 1 N–H and O–H groups in total. The predicted molar refractivity (Wildman–Crippen MR) is 74.9 cm³/mol. The van der Waals surface area contributed by atoms with Gasteiger partial charge in [-0.2, -0.15) is 0 Å². The zero-order valence-corrected chi connectivity index (χ0v) is 12.0. The predicted octanol–water partition coefficient (Wildman–Crippen LogP) is 1.97. The third kappa shape index (κ3) is 3.95. The lowest BCUT2D eigenvalue weighted by atomic mass is 10.1. The summed E-state index contributed by atoms with van der Waals surface area (Å²) < 4.78 is 16.2. The van der Waals surface area contributed by atoms with E-state index in [9.17, 15) is 4.79 Å². The van der Waals surface area contributed by atoms with Crippen molar-refractivity contribution in [1.29, 1.82) is 0 Å². The molecular weight excluding hydrogens is 258 g/mol. The van der Waals surface area contributed by atoms with Crippen LogP contribution in [0.1, 0.15) is 30.1 Å². The van der Waals surface area contributed by atoms with Crippen LogP contribution in [0.3, 0.4) is 0 Å². The van der Waals surface area contributed by atoms with E-state index in [0.29, 0.717) is 31.7 Å². The normalized spacial score (nSPS) is 17.5. The first-order chi connectivity index (χ1) is 9.63. The summed E-state index contributed by atoms with van der Waals surface area (Å²) in [5.41, 5.74) is 0.612. The van der Waals surface area contributed by atoms with E-state index in [2.05, 4.69) is 5.32 Å². The molecule has 1 aromatic carbocycles. The number of nitrogens with one attached hydrogen (secondary N) is 1. The van der Waals surface area contributed by atoms with Crippen LogP contribution < -0.4 is 10.1 Å². The third-order valence-corrected chi connectivity index (χ3v) is 3.32. The third-order valence-electron chi connectivity index (χ3n) is 3.32. The summed E-state index contributed by atoms with van der Waals surface area (Å²) >= 11 is 0.